The van der Waals surface area contributed by atoms with E-state index < -0.39 is 11.3 Å². The molecule has 1 aliphatic rings. The van der Waals surface area contributed by atoms with Gasteiger partial charge in [0.15, 0.2) is 0 Å². The third-order valence-electron chi connectivity index (χ3n) is 2.74. The quantitative estimate of drug-likeness (QED) is 0.784. The van der Waals surface area contributed by atoms with Crippen LogP contribution in [-0.2, 0) is 9.59 Å². The van der Waals surface area contributed by atoms with Crippen molar-refractivity contribution in [2.75, 3.05) is 5.32 Å². The Morgan fingerprint density at radius 2 is 2.06 bits per heavy atom. The van der Waals surface area contributed by atoms with Crippen LogP contribution < -0.4 is 11.1 Å². The molecule has 84 valence electrons. The van der Waals surface area contributed by atoms with Crippen molar-refractivity contribution < 1.29 is 9.59 Å². The van der Waals surface area contributed by atoms with Gasteiger partial charge in [-0.1, -0.05) is 17.7 Å². The minimum absolute atomic E-state index is 0.345. The molecule has 1 aromatic carbocycles. The van der Waals surface area contributed by atoms with E-state index in [-0.39, 0.29) is 5.91 Å². The molecule has 1 aromatic rings. The Morgan fingerprint density at radius 1 is 1.38 bits per heavy atom. The minimum Gasteiger partial charge on any atom is -0.369 e. The topological polar surface area (TPSA) is 72.2 Å². The predicted molar refractivity (Wildman–Crippen MR) is 60.9 cm³/mol. The van der Waals surface area contributed by atoms with Gasteiger partial charge in [-0.2, -0.15) is 0 Å². The van der Waals surface area contributed by atoms with Crippen molar-refractivity contribution in [1.82, 2.24) is 0 Å². The van der Waals surface area contributed by atoms with Gasteiger partial charge >= 0.3 is 0 Å². The van der Waals surface area contributed by atoms with Crippen LogP contribution in [-0.4, -0.2) is 11.8 Å². The van der Waals surface area contributed by atoms with E-state index in [1.807, 2.05) is 0 Å². The van der Waals surface area contributed by atoms with Crippen molar-refractivity contribution >= 4 is 29.1 Å². The lowest BCUT2D eigenvalue weighted by Gasteiger charge is -2.11. The highest BCUT2D eigenvalue weighted by molar-refractivity contribution is 6.31. The Kier molecular flexibility index (Phi) is 2.59. The highest BCUT2D eigenvalue weighted by Crippen LogP contribution is 2.46. The summed E-state index contributed by atoms with van der Waals surface area (Å²) in [5.41, 5.74) is 4.77. The Morgan fingerprint density at radius 3 is 2.56 bits per heavy atom. The number of anilines is 1. The number of carbonyl (C=O) groups excluding carboxylic acids is 2. The Hall–Kier alpha value is -1.55. The largest absolute Gasteiger partial charge is 0.369 e. The fourth-order valence-electron chi connectivity index (χ4n) is 1.53. The van der Waals surface area contributed by atoms with Crippen molar-refractivity contribution in [3.8, 4) is 0 Å². The van der Waals surface area contributed by atoms with Gasteiger partial charge in [-0.25, -0.2) is 0 Å². The first-order chi connectivity index (χ1) is 7.54. The molecule has 0 bridgehead atoms. The molecule has 4 nitrogen and oxygen atoms in total. The fourth-order valence-corrected chi connectivity index (χ4v) is 1.72. The maximum absolute atomic E-state index is 11.8. The molecule has 0 unspecified atom stereocenters. The van der Waals surface area contributed by atoms with E-state index in [9.17, 15) is 9.59 Å². The summed E-state index contributed by atoms with van der Waals surface area (Å²) in [6.45, 7) is 0. The van der Waals surface area contributed by atoms with Gasteiger partial charge < -0.3 is 11.1 Å². The molecule has 3 N–H and O–H groups in total. The summed E-state index contributed by atoms with van der Waals surface area (Å²) in [7, 11) is 0. The van der Waals surface area contributed by atoms with Crippen LogP contribution in [0.3, 0.4) is 0 Å². The van der Waals surface area contributed by atoms with Gasteiger partial charge in [0.2, 0.25) is 11.8 Å². The Labute approximate surface area is 97.8 Å². The number of hydrogen-bond donors (Lipinski definition) is 2. The molecule has 0 saturated heterocycles. The highest BCUT2D eigenvalue weighted by Gasteiger charge is 2.55. The average Bonchev–Trinajstić information content (AvgIpc) is 2.97. The fraction of sp³-hybridized carbons (Fsp3) is 0.273. The van der Waals surface area contributed by atoms with E-state index in [1.54, 1.807) is 24.3 Å². The molecule has 2 amide bonds. The van der Waals surface area contributed by atoms with E-state index in [4.69, 9.17) is 17.3 Å². The van der Waals surface area contributed by atoms with Crippen LogP contribution >= 0.6 is 11.6 Å². The summed E-state index contributed by atoms with van der Waals surface area (Å²) in [6, 6.07) is 6.76. The summed E-state index contributed by atoms with van der Waals surface area (Å²) < 4.78 is 0. The zero-order chi connectivity index (χ0) is 11.8. The molecule has 5 heteroatoms. The second-order valence-electron chi connectivity index (χ2n) is 3.91. The molecular weight excluding hydrogens is 228 g/mol. The number of hydrogen-bond acceptors (Lipinski definition) is 2. The van der Waals surface area contributed by atoms with Gasteiger partial charge in [-0.05, 0) is 31.0 Å². The van der Waals surface area contributed by atoms with Gasteiger partial charge in [-0.15, -0.1) is 0 Å². The van der Waals surface area contributed by atoms with Crippen LogP contribution in [0.15, 0.2) is 24.3 Å². The summed E-state index contributed by atoms with van der Waals surface area (Å²) in [5, 5.41) is 3.17. The first-order valence-corrected chi connectivity index (χ1v) is 5.29. The number of carbonyl (C=O) groups is 2. The minimum atomic E-state index is -0.998. The second-order valence-corrected chi connectivity index (χ2v) is 4.35. The first-order valence-electron chi connectivity index (χ1n) is 4.91. The van der Waals surface area contributed by atoms with Crippen LogP contribution in [0.2, 0.25) is 5.02 Å². The number of nitrogens with one attached hydrogen (secondary N) is 1. The van der Waals surface area contributed by atoms with E-state index in [2.05, 4.69) is 5.32 Å². The van der Waals surface area contributed by atoms with E-state index in [0.717, 1.165) is 0 Å². The third-order valence-corrected chi connectivity index (χ3v) is 2.97. The maximum Gasteiger partial charge on any atom is 0.240 e. The molecule has 0 spiro atoms. The van der Waals surface area contributed by atoms with Gasteiger partial charge in [0, 0.05) is 10.7 Å². The van der Waals surface area contributed by atoms with Gasteiger partial charge in [0.25, 0.3) is 0 Å². The van der Waals surface area contributed by atoms with Crippen LogP contribution in [0.25, 0.3) is 0 Å². The number of primary amides is 1. The highest BCUT2D eigenvalue weighted by atomic mass is 35.5. The summed E-state index contributed by atoms with van der Waals surface area (Å²) in [5.74, 6) is -0.908. The summed E-state index contributed by atoms with van der Waals surface area (Å²) in [6.07, 6.45) is 1.05. The maximum atomic E-state index is 11.8. The Balaban J connectivity index is 2.11. The number of amides is 2. The predicted octanol–water partition coefficient (Wildman–Crippen LogP) is 1.54. The van der Waals surface area contributed by atoms with Crippen molar-refractivity contribution in [3.05, 3.63) is 29.3 Å². The van der Waals surface area contributed by atoms with E-state index in [1.165, 1.54) is 0 Å². The average molecular weight is 239 g/mol. The standard InChI is InChI=1S/C11H11ClN2O2/c12-7-2-1-3-8(6-7)14-10(16)11(4-5-11)9(13)15/h1-3,6H,4-5H2,(H2,13,15)(H,14,16). The number of benzene rings is 1. The zero-order valence-electron chi connectivity index (χ0n) is 8.50. The smallest absolute Gasteiger partial charge is 0.240 e. The zero-order valence-corrected chi connectivity index (χ0v) is 9.25. The molecule has 0 aliphatic heterocycles. The van der Waals surface area contributed by atoms with Crippen LogP contribution in [0.4, 0.5) is 5.69 Å². The molecule has 1 aliphatic carbocycles. The van der Waals surface area contributed by atoms with Gasteiger partial charge in [0.05, 0.1) is 0 Å². The molecule has 0 aromatic heterocycles. The molecule has 16 heavy (non-hydrogen) atoms. The second kappa shape index (κ2) is 3.79. The molecular formula is C11H11ClN2O2. The van der Waals surface area contributed by atoms with Crippen molar-refractivity contribution in [2.45, 2.75) is 12.8 Å². The lowest BCUT2D eigenvalue weighted by atomic mass is 10.1. The lowest BCUT2D eigenvalue weighted by molar-refractivity contribution is -0.132. The van der Waals surface area contributed by atoms with Gasteiger partial charge in [0.1, 0.15) is 5.41 Å². The van der Waals surface area contributed by atoms with Crippen LogP contribution in [0.1, 0.15) is 12.8 Å². The molecule has 2 rings (SSSR count). The van der Waals surface area contributed by atoms with Crippen molar-refractivity contribution in [2.24, 2.45) is 11.1 Å². The molecule has 1 saturated carbocycles. The van der Waals surface area contributed by atoms with E-state index >= 15 is 0 Å². The summed E-state index contributed by atoms with van der Waals surface area (Å²) in [4.78, 5) is 22.9. The molecule has 0 atom stereocenters. The molecule has 0 heterocycles. The normalized spacial score (nSPS) is 16.6. The third kappa shape index (κ3) is 1.88. The number of rotatable bonds is 3. The van der Waals surface area contributed by atoms with E-state index in [0.29, 0.717) is 23.6 Å². The number of halogens is 1. The first kappa shape index (κ1) is 11.0. The Bertz CT molecular complexity index is 455. The van der Waals surface area contributed by atoms with Crippen LogP contribution in [0.5, 0.6) is 0 Å². The van der Waals surface area contributed by atoms with Crippen molar-refractivity contribution in [3.63, 3.8) is 0 Å². The van der Waals surface area contributed by atoms with Crippen molar-refractivity contribution in [1.29, 1.82) is 0 Å². The SMILES string of the molecule is NC(=O)C1(C(=O)Nc2cccc(Cl)c2)CC1. The van der Waals surface area contributed by atoms with Gasteiger partial charge in [-0.3, -0.25) is 9.59 Å². The lowest BCUT2D eigenvalue weighted by Crippen LogP contribution is -2.36. The molecule has 1 fully saturated rings. The number of nitrogens with two attached hydrogens (primary N) is 1. The monoisotopic (exact) mass is 238 g/mol. The molecule has 0 radical (unpaired) electrons. The summed E-state index contributed by atoms with van der Waals surface area (Å²) >= 11 is 5.78. The van der Waals surface area contributed by atoms with Crippen LogP contribution in [0, 0.1) is 5.41 Å².